The Morgan fingerprint density at radius 1 is 1.48 bits per heavy atom. The van der Waals surface area contributed by atoms with E-state index in [1.54, 1.807) is 19.1 Å². The van der Waals surface area contributed by atoms with E-state index in [-0.39, 0.29) is 17.7 Å². The number of aryl methyl sites for hydroxylation is 1. The predicted octanol–water partition coefficient (Wildman–Crippen LogP) is 2.09. The number of carbonyl (C=O) groups is 1. The summed E-state index contributed by atoms with van der Waals surface area (Å²) >= 11 is 3.14. The molecule has 6 nitrogen and oxygen atoms in total. The minimum Gasteiger partial charge on any atom is -0.492 e. The average Bonchev–Trinajstić information content (AvgIpc) is 2.47. The summed E-state index contributed by atoms with van der Waals surface area (Å²) < 4.78 is 7.37. The third-order valence-corrected chi connectivity index (χ3v) is 3.41. The first-order chi connectivity index (χ1) is 9.99. The monoisotopic (exact) mass is 352 g/mol. The Bertz CT molecular complexity index is 727. The molecule has 0 unspecified atom stereocenters. The molecule has 2 rings (SSSR count). The molecule has 7 heteroatoms. The van der Waals surface area contributed by atoms with Gasteiger partial charge in [-0.25, -0.2) is 9.78 Å². The molecule has 0 aliphatic rings. The first-order valence-corrected chi connectivity index (χ1v) is 6.96. The molecule has 0 fully saturated rings. The van der Waals surface area contributed by atoms with E-state index in [0.29, 0.717) is 22.6 Å². The number of rotatable bonds is 5. The Labute approximate surface area is 129 Å². The van der Waals surface area contributed by atoms with Crippen LogP contribution in [0.15, 0.2) is 39.7 Å². The van der Waals surface area contributed by atoms with Crippen molar-refractivity contribution in [1.82, 2.24) is 9.55 Å². The van der Waals surface area contributed by atoms with Crippen LogP contribution in [-0.2, 0) is 6.54 Å². The van der Waals surface area contributed by atoms with Crippen molar-refractivity contribution in [3.63, 3.8) is 0 Å². The van der Waals surface area contributed by atoms with Gasteiger partial charge in [-0.15, -0.1) is 0 Å². The predicted molar refractivity (Wildman–Crippen MR) is 79.8 cm³/mol. The summed E-state index contributed by atoms with van der Waals surface area (Å²) in [5, 5.41) is 8.90. The molecule has 2 aromatic rings. The average molecular weight is 353 g/mol. The zero-order valence-corrected chi connectivity index (χ0v) is 12.8. The normalized spacial score (nSPS) is 10.4. The highest BCUT2D eigenvalue weighted by molar-refractivity contribution is 9.10. The van der Waals surface area contributed by atoms with Crippen LogP contribution in [0.1, 0.15) is 16.2 Å². The summed E-state index contributed by atoms with van der Waals surface area (Å²) in [5.74, 6) is 0.0262. The van der Waals surface area contributed by atoms with Crippen LogP contribution in [-0.4, -0.2) is 27.2 Å². The van der Waals surface area contributed by atoms with Crippen molar-refractivity contribution in [3.05, 3.63) is 56.7 Å². The van der Waals surface area contributed by atoms with Crippen molar-refractivity contribution in [2.45, 2.75) is 13.5 Å². The van der Waals surface area contributed by atoms with E-state index in [9.17, 15) is 9.59 Å². The largest absolute Gasteiger partial charge is 0.492 e. The molecule has 0 saturated carbocycles. The van der Waals surface area contributed by atoms with Crippen LogP contribution in [0.4, 0.5) is 0 Å². The van der Waals surface area contributed by atoms with Gasteiger partial charge in [0.2, 0.25) is 0 Å². The Kier molecular flexibility index (Phi) is 4.74. The maximum absolute atomic E-state index is 11.9. The summed E-state index contributed by atoms with van der Waals surface area (Å²) in [7, 11) is 0. The Hall–Kier alpha value is -2.15. The van der Waals surface area contributed by atoms with Gasteiger partial charge in [-0.1, -0.05) is 6.07 Å². The second kappa shape index (κ2) is 6.53. The smallest absolute Gasteiger partial charge is 0.335 e. The summed E-state index contributed by atoms with van der Waals surface area (Å²) in [6, 6.07) is 6.21. The highest BCUT2D eigenvalue weighted by Gasteiger charge is 2.07. The first kappa shape index (κ1) is 15.2. The van der Waals surface area contributed by atoms with Crippen molar-refractivity contribution in [1.29, 1.82) is 0 Å². The quantitative estimate of drug-likeness (QED) is 0.890. The molecule has 0 spiro atoms. The molecule has 0 aliphatic carbocycles. The molecule has 1 heterocycles. The molecule has 21 heavy (non-hydrogen) atoms. The molecule has 1 aromatic carbocycles. The fourth-order valence-corrected chi connectivity index (χ4v) is 2.10. The van der Waals surface area contributed by atoms with Crippen molar-refractivity contribution in [2.24, 2.45) is 0 Å². The van der Waals surface area contributed by atoms with Gasteiger partial charge in [-0.3, -0.25) is 9.36 Å². The fourth-order valence-electron chi connectivity index (χ4n) is 1.79. The third kappa shape index (κ3) is 3.69. The lowest BCUT2D eigenvalue weighted by Gasteiger charge is -2.11. The van der Waals surface area contributed by atoms with E-state index < -0.39 is 5.97 Å². The molecule has 0 aliphatic heterocycles. The van der Waals surface area contributed by atoms with Crippen molar-refractivity contribution >= 4 is 21.9 Å². The van der Waals surface area contributed by atoms with Crippen LogP contribution in [0, 0.1) is 6.92 Å². The second-order valence-electron chi connectivity index (χ2n) is 4.29. The topological polar surface area (TPSA) is 81.4 Å². The van der Waals surface area contributed by atoms with Crippen LogP contribution in [0.2, 0.25) is 0 Å². The third-order valence-electron chi connectivity index (χ3n) is 2.87. The molecule has 0 saturated heterocycles. The standard InChI is InChI=1S/C14H13BrN2O4/c1-9-16-8-12(15)13(18)17(9)5-6-21-11-4-2-3-10(7-11)14(19)20/h2-4,7-8H,5-6H2,1H3,(H,19,20). The lowest BCUT2D eigenvalue weighted by atomic mass is 10.2. The molecule has 1 N–H and O–H groups in total. The number of hydrogen-bond donors (Lipinski definition) is 1. The van der Waals surface area contributed by atoms with Gasteiger partial charge in [0.15, 0.2) is 0 Å². The maximum atomic E-state index is 11.9. The molecule has 1 aromatic heterocycles. The minimum atomic E-state index is -1.01. The summed E-state index contributed by atoms with van der Waals surface area (Å²) in [4.78, 5) is 26.9. The Balaban J connectivity index is 2.05. The van der Waals surface area contributed by atoms with E-state index >= 15 is 0 Å². The SMILES string of the molecule is Cc1ncc(Br)c(=O)n1CCOc1cccc(C(=O)O)c1. The Morgan fingerprint density at radius 3 is 2.95 bits per heavy atom. The van der Waals surface area contributed by atoms with Crippen LogP contribution >= 0.6 is 15.9 Å². The van der Waals surface area contributed by atoms with Crippen molar-refractivity contribution < 1.29 is 14.6 Å². The van der Waals surface area contributed by atoms with Crippen LogP contribution in [0.3, 0.4) is 0 Å². The number of hydrogen-bond acceptors (Lipinski definition) is 4. The molecular weight excluding hydrogens is 340 g/mol. The summed E-state index contributed by atoms with van der Waals surface area (Å²) in [6.45, 7) is 2.30. The van der Waals surface area contributed by atoms with Gasteiger partial charge in [0.1, 0.15) is 22.7 Å². The van der Waals surface area contributed by atoms with Gasteiger partial charge >= 0.3 is 5.97 Å². The zero-order chi connectivity index (χ0) is 15.4. The minimum absolute atomic E-state index is 0.157. The van der Waals surface area contributed by atoms with Gasteiger partial charge in [-0.05, 0) is 41.1 Å². The lowest BCUT2D eigenvalue weighted by Crippen LogP contribution is -2.26. The summed E-state index contributed by atoms with van der Waals surface area (Å²) in [6.07, 6.45) is 1.46. The van der Waals surface area contributed by atoms with Crippen molar-refractivity contribution in [2.75, 3.05) is 6.61 Å². The molecule has 110 valence electrons. The van der Waals surface area contributed by atoms with Crippen LogP contribution < -0.4 is 10.3 Å². The molecule has 0 atom stereocenters. The number of aromatic nitrogens is 2. The number of ether oxygens (including phenoxy) is 1. The maximum Gasteiger partial charge on any atom is 0.335 e. The highest BCUT2D eigenvalue weighted by atomic mass is 79.9. The van der Waals surface area contributed by atoms with Crippen molar-refractivity contribution in [3.8, 4) is 5.75 Å². The fraction of sp³-hybridized carbons (Fsp3) is 0.214. The lowest BCUT2D eigenvalue weighted by molar-refractivity contribution is 0.0696. The molecule has 0 amide bonds. The van der Waals surface area contributed by atoms with E-state index in [1.165, 1.54) is 22.9 Å². The number of carboxylic acid groups (broad SMARTS) is 1. The number of aromatic carboxylic acids is 1. The first-order valence-electron chi connectivity index (χ1n) is 6.17. The van der Waals surface area contributed by atoms with Gasteiger partial charge < -0.3 is 9.84 Å². The number of nitrogens with zero attached hydrogens (tertiary/aromatic N) is 2. The van der Waals surface area contributed by atoms with Crippen LogP contribution in [0.25, 0.3) is 0 Å². The molecular formula is C14H13BrN2O4. The van der Waals surface area contributed by atoms with E-state index in [1.807, 2.05) is 0 Å². The van der Waals surface area contributed by atoms with E-state index in [4.69, 9.17) is 9.84 Å². The van der Waals surface area contributed by atoms with Gasteiger partial charge in [0, 0.05) is 6.20 Å². The number of benzene rings is 1. The highest BCUT2D eigenvalue weighted by Crippen LogP contribution is 2.13. The van der Waals surface area contributed by atoms with Gasteiger partial charge in [-0.2, -0.15) is 0 Å². The van der Waals surface area contributed by atoms with Gasteiger partial charge in [0.05, 0.1) is 12.1 Å². The van der Waals surface area contributed by atoms with E-state index in [2.05, 4.69) is 20.9 Å². The number of halogens is 1. The van der Waals surface area contributed by atoms with Gasteiger partial charge in [0.25, 0.3) is 5.56 Å². The second-order valence-corrected chi connectivity index (χ2v) is 5.15. The number of carboxylic acids is 1. The summed E-state index contributed by atoms with van der Waals surface area (Å²) in [5.41, 5.74) is -0.0182. The van der Waals surface area contributed by atoms with E-state index in [0.717, 1.165) is 0 Å². The Morgan fingerprint density at radius 2 is 2.24 bits per heavy atom. The molecule has 0 bridgehead atoms. The molecule has 0 radical (unpaired) electrons. The zero-order valence-electron chi connectivity index (χ0n) is 11.2. The van der Waals surface area contributed by atoms with Crippen LogP contribution in [0.5, 0.6) is 5.75 Å².